The molecule has 0 amide bonds. The van der Waals surface area contributed by atoms with Crippen LogP contribution in [0, 0.1) is 0 Å². The molecule has 9 heteroatoms. The van der Waals surface area contributed by atoms with Crippen molar-refractivity contribution >= 4 is 35.0 Å². The maximum absolute atomic E-state index is 13.8. The number of benzene rings is 3. The maximum atomic E-state index is 13.8. The van der Waals surface area contributed by atoms with Crippen molar-refractivity contribution in [1.82, 2.24) is 4.57 Å². The highest BCUT2D eigenvalue weighted by atomic mass is 35.5. The van der Waals surface area contributed by atoms with Gasteiger partial charge in [-0.25, -0.2) is 9.79 Å². The Bertz CT molecular complexity index is 1760. The number of methoxy groups -OCH3 is 1. The van der Waals surface area contributed by atoms with Gasteiger partial charge in [-0.3, -0.25) is 9.36 Å². The molecule has 5 rings (SSSR count). The van der Waals surface area contributed by atoms with E-state index in [0.717, 1.165) is 16.7 Å². The summed E-state index contributed by atoms with van der Waals surface area (Å²) >= 11 is 7.26. The van der Waals surface area contributed by atoms with Gasteiger partial charge in [-0.05, 0) is 60.9 Å². The molecular formula is C31H27ClN2O5S. The van der Waals surface area contributed by atoms with Crippen LogP contribution in [-0.2, 0) is 16.1 Å². The lowest BCUT2D eigenvalue weighted by molar-refractivity contribution is -0.139. The first kappa shape index (κ1) is 27.4. The number of carbonyl (C=O) groups excluding carboxylic acids is 1. The van der Waals surface area contributed by atoms with Gasteiger partial charge in [-0.1, -0.05) is 71.5 Å². The molecule has 0 spiro atoms. The number of thiazole rings is 1. The molecule has 0 saturated carbocycles. The first-order valence-electron chi connectivity index (χ1n) is 12.7. The second-order valence-electron chi connectivity index (χ2n) is 9.04. The second-order valence-corrected chi connectivity index (χ2v) is 10.5. The summed E-state index contributed by atoms with van der Waals surface area (Å²) < 4.78 is 18.9. The first-order chi connectivity index (χ1) is 19.4. The molecule has 1 aromatic heterocycles. The molecule has 1 aliphatic heterocycles. The van der Waals surface area contributed by atoms with E-state index in [-0.39, 0.29) is 12.2 Å². The monoisotopic (exact) mass is 574 g/mol. The second kappa shape index (κ2) is 11.9. The van der Waals surface area contributed by atoms with Crippen LogP contribution >= 0.6 is 22.9 Å². The number of ether oxygens (including phenoxy) is 3. The van der Waals surface area contributed by atoms with E-state index >= 15 is 0 Å². The Balaban J connectivity index is 1.56. The van der Waals surface area contributed by atoms with Crippen LogP contribution in [0.1, 0.15) is 36.6 Å². The molecule has 0 saturated heterocycles. The molecule has 0 radical (unpaired) electrons. The Labute approximate surface area is 240 Å². The minimum atomic E-state index is -0.646. The van der Waals surface area contributed by atoms with Crippen molar-refractivity contribution in [3.8, 4) is 11.5 Å². The highest BCUT2D eigenvalue weighted by Gasteiger charge is 2.33. The number of allylic oxidation sites excluding steroid dienone is 1. The number of hydrogen-bond donors (Lipinski definition) is 0. The molecule has 1 atom stereocenters. The van der Waals surface area contributed by atoms with Gasteiger partial charge in [-0.15, -0.1) is 0 Å². The van der Waals surface area contributed by atoms with Gasteiger partial charge in [-0.2, -0.15) is 0 Å². The molecule has 0 unspecified atom stereocenters. The summed E-state index contributed by atoms with van der Waals surface area (Å²) in [6, 6.07) is 21.7. The van der Waals surface area contributed by atoms with Crippen molar-refractivity contribution < 1.29 is 19.0 Å². The van der Waals surface area contributed by atoms with E-state index in [9.17, 15) is 9.59 Å². The summed E-state index contributed by atoms with van der Waals surface area (Å²) in [5, 5.41) is 0.656. The summed E-state index contributed by atoms with van der Waals surface area (Å²) in [4.78, 5) is 32.0. The van der Waals surface area contributed by atoms with Crippen LogP contribution in [0.15, 0.2) is 93.9 Å². The van der Waals surface area contributed by atoms with Crippen molar-refractivity contribution in [3.05, 3.63) is 125 Å². The summed E-state index contributed by atoms with van der Waals surface area (Å²) in [5.41, 5.74) is 3.16. The third kappa shape index (κ3) is 5.59. The van der Waals surface area contributed by atoms with Gasteiger partial charge in [0, 0.05) is 5.02 Å². The molecule has 3 aromatic carbocycles. The van der Waals surface area contributed by atoms with Gasteiger partial charge in [0.1, 0.15) is 6.61 Å². The van der Waals surface area contributed by atoms with E-state index in [1.54, 1.807) is 37.7 Å². The lowest BCUT2D eigenvalue weighted by Gasteiger charge is -2.24. The van der Waals surface area contributed by atoms with Crippen LogP contribution in [-0.4, -0.2) is 24.3 Å². The molecule has 7 nitrogen and oxygen atoms in total. The number of aromatic nitrogens is 1. The predicted octanol–water partition coefficient (Wildman–Crippen LogP) is 5.04. The lowest BCUT2D eigenvalue weighted by Crippen LogP contribution is -2.39. The highest BCUT2D eigenvalue weighted by molar-refractivity contribution is 7.07. The van der Waals surface area contributed by atoms with Crippen LogP contribution in [0.2, 0.25) is 5.02 Å². The predicted molar refractivity (Wildman–Crippen MR) is 156 cm³/mol. The average molecular weight is 575 g/mol. The Kier molecular flexibility index (Phi) is 8.19. The van der Waals surface area contributed by atoms with Crippen molar-refractivity contribution in [3.63, 3.8) is 0 Å². The highest BCUT2D eigenvalue weighted by Crippen LogP contribution is 2.31. The third-order valence-electron chi connectivity index (χ3n) is 6.43. The number of nitrogens with zero attached hydrogens (tertiary/aromatic N) is 2. The minimum absolute atomic E-state index is 0.224. The summed E-state index contributed by atoms with van der Waals surface area (Å²) in [5.74, 6) is 0.637. The summed E-state index contributed by atoms with van der Waals surface area (Å²) in [7, 11) is 1.58. The topological polar surface area (TPSA) is 79.1 Å². The molecule has 0 fully saturated rings. The van der Waals surface area contributed by atoms with Gasteiger partial charge < -0.3 is 14.2 Å². The first-order valence-corrected chi connectivity index (χ1v) is 13.9. The number of carbonyl (C=O) groups is 1. The Hall–Kier alpha value is -4.14. The van der Waals surface area contributed by atoms with E-state index in [1.165, 1.54) is 11.3 Å². The van der Waals surface area contributed by atoms with Crippen LogP contribution in [0.25, 0.3) is 6.08 Å². The molecule has 1 aliphatic rings. The maximum Gasteiger partial charge on any atom is 0.338 e. The van der Waals surface area contributed by atoms with Crippen molar-refractivity contribution in [2.24, 2.45) is 4.99 Å². The van der Waals surface area contributed by atoms with E-state index in [4.69, 9.17) is 25.8 Å². The Morgan fingerprint density at radius 1 is 1.07 bits per heavy atom. The van der Waals surface area contributed by atoms with Crippen LogP contribution in [0.5, 0.6) is 11.5 Å². The Morgan fingerprint density at radius 3 is 2.52 bits per heavy atom. The molecule has 40 heavy (non-hydrogen) atoms. The molecule has 2 heterocycles. The number of fused-ring (bicyclic) bond motifs is 1. The number of esters is 1. The molecular weight excluding hydrogens is 548 g/mol. The zero-order chi connectivity index (χ0) is 28.2. The van der Waals surface area contributed by atoms with Crippen molar-refractivity contribution in [2.75, 3.05) is 13.7 Å². The quantitative estimate of drug-likeness (QED) is 0.276. The summed E-state index contributed by atoms with van der Waals surface area (Å²) in [6.07, 6.45) is 1.80. The van der Waals surface area contributed by atoms with Gasteiger partial charge in [0.2, 0.25) is 0 Å². The molecule has 0 N–H and O–H groups in total. The van der Waals surface area contributed by atoms with Crippen LogP contribution < -0.4 is 24.4 Å². The average Bonchev–Trinajstić information content (AvgIpc) is 3.26. The van der Waals surface area contributed by atoms with Gasteiger partial charge >= 0.3 is 5.97 Å². The van der Waals surface area contributed by atoms with Crippen LogP contribution in [0.4, 0.5) is 0 Å². The molecule has 0 bridgehead atoms. The van der Waals surface area contributed by atoms with Gasteiger partial charge in [0.25, 0.3) is 5.56 Å². The van der Waals surface area contributed by atoms with E-state index in [1.807, 2.05) is 66.7 Å². The number of halogens is 1. The minimum Gasteiger partial charge on any atom is -0.493 e. The lowest BCUT2D eigenvalue weighted by atomic mass is 9.96. The van der Waals surface area contributed by atoms with E-state index in [2.05, 4.69) is 4.99 Å². The number of rotatable bonds is 8. The van der Waals surface area contributed by atoms with Gasteiger partial charge in [0.15, 0.2) is 16.3 Å². The Morgan fingerprint density at radius 2 is 1.82 bits per heavy atom. The fourth-order valence-electron chi connectivity index (χ4n) is 4.53. The van der Waals surface area contributed by atoms with E-state index < -0.39 is 12.0 Å². The van der Waals surface area contributed by atoms with Crippen LogP contribution in [0.3, 0.4) is 0 Å². The largest absolute Gasteiger partial charge is 0.493 e. The normalized spacial score (nSPS) is 14.9. The van der Waals surface area contributed by atoms with Crippen molar-refractivity contribution in [2.45, 2.75) is 26.5 Å². The standard InChI is InChI=1S/C31H27ClN2O5S/c1-4-38-30(36)27-19(2)33-31-34(28(27)22-8-6-5-7-9-22)29(35)26(40-31)17-21-12-15-24(37-3)25(16-21)39-18-20-10-13-23(32)14-11-20/h5-17,28H,4,18H2,1-3H3/t28-/m0/s1. The fraction of sp³-hybridized carbons (Fsp3) is 0.194. The third-order valence-corrected chi connectivity index (χ3v) is 7.66. The zero-order valence-electron chi connectivity index (χ0n) is 22.2. The number of hydrogen-bond acceptors (Lipinski definition) is 7. The molecule has 4 aromatic rings. The smallest absolute Gasteiger partial charge is 0.338 e. The van der Waals surface area contributed by atoms with Gasteiger partial charge in [0.05, 0.1) is 35.6 Å². The SMILES string of the molecule is CCOC(=O)C1=C(C)N=c2sc(=Cc3ccc(OC)c(OCc4ccc(Cl)cc4)c3)c(=O)n2[C@H]1c1ccccc1. The molecule has 204 valence electrons. The zero-order valence-corrected chi connectivity index (χ0v) is 23.8. The fourth-order valence-corrected chi connectivity index (χ4v) is 5.70. The summed E-state index contributed by atoms with van der Waals surface area (Å²) in [6.45, 7) is 4.07. The van der Waals surface area contributed by atoms with Crippen molar-refractivity contribution in [1.29, 1.82) is 0 Å². The molecule has 0 aliphatic carbocycles. The van der Waals surface area contributed by atoms with E-state index in [0.29, 0.717) is 43.7 Å².